The molecule has 0 amide bonds. The third-order valence-corrected chi connectivity index (χ3v) is 5.60. The van der Waals surface area contributed by atoms with Gasteiger partial charge in [0.25, 0.3) is 6.47 Å². The average molecular weight is 485 g/mol. The lowest BCUT2D eigenvalue weighted by Crippen LogP contribution is -2.22. The molecule has 2 N–H and O–H groups in total. The Bertz CT molecular complexity index is 913. The number of aliphatic imine (C=N–C) groups is 1. The number of aryl methyl sites for hydroxylation is 1. The molecule has 2 aromatic rings. The van der Waals surface area contributed by atoms with Crippen LogP contribution in [0.3, 0.4) is 0 Å². The van der Waals surface area contributed by atoms with Crippen LogP contribution >= 0.6 is 11.8 Å². The number of nitrogens with zero attached hydrogens (tertiary/aromatic N) is 1. The minimum atomic E-state index is -0.596. The van der Waals surface area contributed by atoms with E-state index in [1.54, 1.807) is 17.8 Å². The van der Waals surface area contributed by atoms with Crippen LogP contribution in [-0.4, -0.2) is 41.1 Å². The van der Waals surface area contributed by atoms with Gasteiger partial charge in [-0.05, 0) is 49.6 Å². The second-order valence-corrected chi connectivity index (χ2v) is 7.99. The first-order valence-electron chi connectivity index (χ1n) is 10.8. The van der Waals surface area contributed by atoms with Gasteiger partial charge in [0.15, 0.2) is 11.6 Å². The molecule has 0 spiro atoms. The predicted molar refractivity (Wildman–Crippen MR) is 129 cm³/mol. The molecule has 1 heterocycles. The van der Waals surface area contributed by atoms with Gasteiger partial charge < -0.3 is 15.2 Å². The Balaban J connectivity index is 0.00000101. The lowest BCUT2D eigenvalue weighted by atomic mass is 10.1. The average Bonchev–Trinajstić information content (AvgIpc) is 3.23. The van der Waals surface area contributed by atoms with E-state index in [1.165, 1.54) is 12.1 Å². The van der Waals surface area contributed by atoms with E-state index >= 15 is 0 Å². The van der Waals surface area contributed by atoms with Crippen LogP contribution in [0.5, 0.6) is 5.75 Å². The molecule has 182 valence electrons. The fraction of sp³-hybridized carbons (Fsp3) is 0.417. The molecule has 33 heavy (non-hydrogen) atoms. The molecule has 0 bridgehead atoms. The Hall–Kier alpha value is -2.68. The molecular formula is C24H31F3N2O3S. The molecule has 0 fully saturated rings. The Morgan fingerprint density at radius 1 is 1.21 bits per heavy atom. The molecule has 0 radical (unpaired) electrons. The van der Waals surface area contributed by atoms with E-state index in [9.17, 15) is 13.2 Å². The largest absolute Gasteiger partial charge is 0.484 e. The summed E-state index contributed by atoms with van der Waals surface area (Å²) < 4.78 is 45.7. The summed E-state index contributed by atoms with van der Waals surface area (Å²) in [5, 5.41) is 11.0. The lowest BCUT2D eigenvalue weighted by molar-refractivity contribution is -0.122. The second kappa shape index (κ2) is 15.2. The minimum absolute atomic E-state index is 0.0992. The molecular weight excluding hydrogens is 453 g/mol. The first-order chi connectivity index (χ1) is 15.9. The van der Waals surface area contributed by atoms with Crippen molar-refractivity contribution in [3.05, 3.63) is 59.4 Å². The first kappa shape index (κ1) is 28.4. The third-order valence-electron chi connectivity index (χ3n) is 4.49. The van der Waals surface area contributed by atoms with Crippen LogP contribution in [0, 0.1) is 17.5 Å². The van der Waals surface area contributed by atoms with E-state index in [-0.39, 0.29) is 36.7 Å². The van der Waals surface area contributed by atoms with Crippen LogP contribution in [0.15, 0.2) is 41.4 Å². The molecule has 5 nitrogen and oxygen atoms in total. The van der Waals surface area contributed by atoms with Gasteiger partial charge in [-0.3, -0.25) is 9.79 Å². The standard InChI is InChI=1S/C21H23F3N2OS.C2H6.CH2O2/c1-3-14-4-5-15(22)9-19(14)25-13(2)8-17-12-28-21(26-17)11-27-20-10-16(23)6-7-18(20)24;1-2;2-1-3/h4-7,9-10,13,17,25H,3,8,11-12H2,1-2H3;1-2H3;1H,(H,2,3). The summed E-state index contributed by atoms with van der Waals surface area (Å²) in [6.07, 6.45) is 1.61. The molecule has 2 unspecified atom stereocenters. The Morgan fingerprint density at radius 3 is 2.52 bits per heavy atom. The summed E-state index contributed by atoms with van der Waals surface area (Å²) in [6, 6.07) is 8.13. The maximum atomic E-state index is 13.6. The summed E-state index contributed by atoms with van der Waals surface area (Å²) >= 11 is 1.56. The minimum Gasteiger partial charge on any atom is -0.484 e. The number of hydrogen-bond acceptors (Lipinski definition) is 5. The van der Waals surface area contributed by atoms with Gasteiger partial charge in [0.1, 0.15) is 23.3 Å². The molecule has 9 heteroatoms. The number of carbonyl (C=O) groups is 1. The van der Waals surface area contributed by atoms with Crippen molar-refractivity contribution in [1.82, 2.24) is 0 Å². The lowest BCUT2D eigenvalue weighted by Gasteiger charge is -2.19. The number of ether oxygens (including phenoxy) is 1. The zero-order valence-electron chi connectivity index (χ0n) is 19.3. The SMILES string of the molecule is CC.CCc1ccc(F)cc1NC(C)CC1CSC(COc2cc(F)ccc2F)=N1.O=CO. The van der Waals surface area contributed by atoms with E-state index in [0.29, 0.717) is 0 Å². The van der Waals surface area contributed by atoms with Crippen molar-refractivity contribution in [2.75, 3.05) is 17.7 Å². The van der Waals surface area contributed by atoms with Crippen molar-refractivity contribution >= 4 is 29.0 Å². The molecule has 3 rings (SSSR count). The third kappa shape index (κ3) is 9.77. The smallest absolute Gasteiger partial charge is 0.290 e. The fourth-order valence-electron chi connectivity index (χ4n) is 3.12. The van der Waals surface area contributed by atoms with Crippen LogP contribution in [-0.2, 0) is 11.2 Å². The van der Waals surface area contributed by atoms with Gasteiger partial charge in [-0.15, -0.1) is 11.8 Å². The van der Waals surface area contributed by atoms with Gasteiger partial charge in [0.2, 0.25) is 0 Å². The summed E-state index contributed by atoms with van der Waals surface area (Å²) in [7, 11) is 0. The Kier molecular flexibility index (Phi) is 13.1. The van der Waals surface area contributed by atoms with Gasteiger partial charge in [-0.25, -0.2) is 13.2 Å². The Morgan fingerprint density at radius 2 is 1.85 bits per heavy atom. The van der Waals surface area contributed by atoms with E-state index in [2.05, 4.69) is 10.3 Å². The number of nitrogens with one attached hydrogen (secondary N) is 1. The quantitative estimate of drug-likeness (QED) is 0.438. The van der Waals surface area contributed by atoms with E-state index in [0.717, 1.165) is 53.1 Å². The van der Waals surface area contributed by atoms with Crippen molar-refractivity contribution in [3.63, 3.8) is 0 Å². The van der Waals surface area contributed by atoms with Crippen molar-refractivity contribution in [2.24, 2.45) is 4.99 Å². The van der Waals surface area contributed by atoms with E-state index < -0.39 is 11.6 Å². The normalized spacial score (nSPS) is 15.2. The highest BCUT2D eigenvalue weighted by Crippen LogP contribution is 2.25. The predicted octanol–water partition coefficient (Wildman–Crippen LogP) is 6.18. The van der Waals surface area contributed by atoms with Crippen LogP contribution < -0.4 is 10.1 Å². The topological polar surface area (TPSA) is 70.9 Å². The summed E-state index contributed by atoms with van der Waals surface area (Å²) in [5.74, 6) is -0.703. The number of halogens is 3. The highest BCUT2D eigenvalue weighted by Gasteiger charge is 2.21. The maximum absolute atomic E-state index is 13.6. The maximum Gasteiger partial charge on any atom is 0.290 e. The number of anilines is 1. The highest BCUT2D eigenvalue weighted by molar-refractivity contribution is 8.14. The van der Waals surface area contributed by atoms with Crippen LogP contribution in [0.4, 0.5) is 18.9 Å². The van der Waals surface area contributed by atoms with Crippen molar-refractivity contribution < 1.29 is 27.8 Å². The molecule has 2 atom stereocenters. The van der Waals surface area contributed by atoms with Crippen LogP contribution in [0.2, 0.25) is 0 Å². The van der Waals surface area contributed by atoms with E-state index in [4.69, 9.17) is 14.6 Å². The van der Waals surface area contributed by atoms with Crippen molar-refractivity contribution in [3.8, 4) is 5.75 Å². The molecule has 0 aliphatic carbocycles. The van der Waals surface area contributed by atoms with Gasteiger partial charge >= 0.3 is 0 Å². The number of carboxylic acid groups (broad SMARTS) is 1. The monoisotopic (exact) mass is 484 g/mol. The zero-order valence-corrected chi connectivity index (χ0v) is 20.1. The summed E-state index contributed by atoms with van der Waals surface area (Å²) in [5.41, 5.74) is 1.89. The summed E-state index contributed by atoms with van der Waals surface area (Å²) in [4.78, 5) is 13.0. The van der Waals surface area contributed by atoms with Gasteiger partial charge in [0.05, 0.1) is 6.04 Å². The first-order valence-corrected chi connectivity index (χ1v) is 11.7. The fourth-order valence-corrected chi connectivity index (χ4v) is 4.08. The van der Waals surface area contributed by atoms with Crippen LogP contribution in [0.25, 0.3) is 0 Å². The number of hydrogen-bond donors (Lipinski definition) is 2. The van der Waals surface area contributed by atoms with E-state index in [1.807, 2.05) is 27.7 Å². The number of rotatable bonds is 8. The summed E-state index contributed by atoms with van der Waals surface area (Å²) in [6.45, 7) is 7.95. The second-order valence-electron chi connectivity index (χ2n) is 6.89. The molecule has 1 aliphatic rings. The Labute approximate surface area is 197 Å². The van der Waals surface area contributed by atoms with Crippen LogP contribution in [0.1, 0.15) is 39.7 Å². The molecule has 0 saturated carbocycles. The molecule has 1 aliphatic heterocycles. The molecule has 0 saturated heterocycles. The number of thioether (sulfide) groups is 1. The molecule has 2 aromatic carbocycles. The van der Waals surface area contributed by atoms with Gasteiger partial charge in [0, 0.05) is 23.5 Å². The molecule has 0 aromatic heterocycles. The van der Waals surface area contributed by atoms with Crippen molar-refractivity contribution in [2.45, 2.75) is 52.6 Å². The highest BCUT2D eigenvalue weighted by atomic mass is 32.2. The number of benzene rings is 2. The van der Waals surface area contributed by atoms with Crippen molar-refractivity contribution in [1.29, 1.82) is 0 Å². The van der Waals surface area contributed by atoms with Gasteiger partial charge in [-0.2, -0.15) is 0 Å². The van der Waals surface area contributed by atoms with Gasteiger partial charge in [-0.1, -0.05) is 26.8 Å². The zero-order chi connectivity index (χ0) is 24.8.